The fraction of sp³-hybridized carbons (Fsp3) is 0.211. The van der Waals surface area contributed by atoms with Crippen molar-refractivity contribution in [2.24, 2.45) is 5.10 Å². The average molecular weight is 374 g/mol. The summed E-state index contributed by atoms with van der Waals surface area (Å²) in [4.78, 5) is 23.7. The molecule has 0 aromatic heterocycles. The molecule has 0 unspecified atom stereocenters. The van der Waals surface area contributed by atoms with Gasteiger partial charge in [-0.25, -0.2) is 5.43 Å². The number of rotatable bonds is 7. The summed E-state index contributed by atoms with van der Waals surface area (Å²) in [6, 6.07) is 12.4. The minimum Gasteiger partial charge on any atom is -0.497 e. The van der Waals surface area contributed by atoms with Crippen LogP contribution in [-0.4, -0.2) is 25.1 Å². The Balaban J connectivity index is 1.75. The zero-order chi connectivity index (χ0) is 18.9. The normalized spacial score (nSPS) is 10.6. The average Bonchev–Trinajstić information content (AvgIpc) is 2.63. The third kappa shape index (κ3) is 6.22. The van der Waals surface area contributed by atoms with Gasteiger partial charge in [-0.2, -0.15) is 5.10 Å². The van der Waals surface area contributed by atoms with E-state index in [1.54, 1.807) is 37.4 Å². The maximum Gasteiger partial charge on any atom is 0.240 e. The van der Waals surface area contributed by atoms with E-state index < -0.39 is 0 Å². The maximum absolute atomic E-state index is 11.9. The first kappa shape index (κ1) is 19.5. The fourth-order valence-corrected chi connectivity index (χ4v) is 2.36. The van der Waals surface area contributed by atoms with Crippen LogP contribution >= 0.6 is 11.6 Å². The number of anilines is 1. The van der Waals surface area contributed by atoms with Crippen molar-refractivity contribution >= 4 is 35.3 Å². The van der Waals surface area contributed by atoms with Crippen molar-refractivity contribution < 1.29 is 14.3 Å². The van der Waals surface area contributed by atoms with Gasteiger partial charge in [-0.15, -0.1) is 0 Å². The number of halogens is 1. The molecule has 2 N–H and O–H groups in total. The number of carbonyl (C=O) groups is 2. The first-order chi connectivity index (χ1) is 12.5. The predicted octanol–water partition coefficient (Wildman–Crippen LogP) is 3.53. The van der Waals surface area contributed by atoms with Crippen molar-refractivity contribution in [1.82, 2.24) is 5.43 Å². The minimum atomic E-state index is -0.335. The van der Waals surface area contributed by atoms with Gasteiger partial charge in [0.1, 0.15) is 5.75 Å². The maximum atomic E-state index is 11.9. The van der Waals surface area contributed by atoms with Gasteiger partial charge in [-0.05, 0) is 60.5 Å². The van der Waals surface area contributed by atoms with Gasteiger partial charge in [0.25, 0.3) is 0 Å². The number of carbonyl (C=O) groups excluding carboxylic acids is 2. The molecule has 0 heterocycles. The Labute approximate surface area is 157 Å². The Morgan fingerprint density at radius 3 is 2.46 bits per heavy atom. The van der Waals surface area contributed by atoms with E-state index in [0.29, 0.717) is 10.7 Å². The van der Waals surface area contributed by atoms with Crippen LogP contribution in [0.25, 0.3) is 0 Å². The predicted molar refractivity (Wildman–Crippen MR) is 103 cm³/mol. The van der Waals surface area contributed by atoms with Crippen molar-refractivity contribution in [3.8, 4) is 5.75 Å². The van der Waals surface area contributed by atoms with Crippen LogP contribution in [0.3, 0.4) is 0 Å². The summed E-state index contributed by atoms with van der Waals surface area (Å²) in [5, 5.41) is 7.23. The van der Waals surface area contributed by atoms with E-state index in [1.165, 1.54) is 6.21 Å². The second-order valence-electron chi connectivity index (χ2n) is 5.57. The van der Waals surface area contributed by atoms with Crippen LogP contribution in [0.15, 0.2) is 47.6 Å². The summed E-state index contributed by atoms with van der Waals surface area (Å²) in [5.41, 5.74) is 4.76. The monoisotopic (exact) mass is 373 g/mol. The van der Waals surface area contributed by atoms with Crippen molar-refractivity contribution in [2.45, 2.75) is 19.8 Å². The lowest BCUT2D eigenvalue weighted by atomic mass is 10.2. The van der Waals surface area contributed by atoms with Crippen LogP contribution in [-0.2, 0) is 9.59 Å². The molecule has 0 saturated carbocycles. The van der Waals surface area contributed by atoms with E-state index in [4.69, 9.17) is 16.3 Å². The van der Waals surface area contributed by atoms with Gasteiger partial charge < -0.3 is 10.1 Å². The number of ether oxygens (including phenoxy) is 1. The number of nitrogens with zero attached hydrogens (tertiary/aromatic N) is 1. The molecule has 0 aliphatic heterocycles. The van der Waals surface area contributed by atoms with E-state index in [1.807, 2.05) is 19.1 Å². The smallest absolute Gasteiger partial charge is 0.240 e. The number of amides is 2. The molecule has 2 aromatic carbocycles. The molecule has 0 spiro atoms. The van der Waals surface area contributed by atoms with Crippen LogP contribution < -0.4 is 15.5 Å². The first-order valence-corrected chi connectivity index (χ1v) is 8.37. The highest BCUT2D eigenvalue weighted by Gasteiger charge is 2.08. The lowest BCUT2D eigenvalue weighted by molar-refractivity contribution is -0.124. The molecule has 0 aliphatic rings. The molecule has 0 fully saturated rings. The Morgan fingerprint density at radius 1 is 1.12 bits per heavy atom. The van der Waals surface area contributed by atoms with Crippen molar-refractivity contribution in [2.75, 3.05) is 12.4 Å². The fourth-order valence-electron chi connectivity index (χ4n) is 2.13. The van der Waals surface area contributed by atoms with E-state index in [9.17, 15) is 9.59 Å². The second-order valence-corrected chi connectivity index (χ2v) is 6.01. The van der Waals surface area contributed by atoms with Gasteiger partial charge >= 0.3 is 0 Å². The number of aryl methyl sites for hydroxylation is 1. The topological polar surface area (TPSA) is 79.8 Å². The molecule has 0 bridgehead atoms. The zero-order valence-corrected chi connectivity index (χ0v) is 15.3. The van der Waals surface area contributed by atoms with E-state index in [2.05, 4.69) is 15.8 Å². The Kier molecular flexibility index (Phi) is 7.17. The molecule has 0 radical (unpaired) electrons. The third-order valence-corrected chi connectivity index (χ3v) is 3.80. The molecule has 26 heavy (non-hydrogen) atoms. The summed E-state index contributed by atoms with van der Waals surface area (Å²) < 4.78 is 5.06. The summed E-state index contributed by atoms with van der Waals surface area (Å²) >= 11 is 5.88. The highest BCUT2D eigenvalue weighted by molar-refractivity contribution is 6.30. The summed E-state index contributed by atoms with van der Waals surface area (Å²) in [6.45, 7) is 1.85. The minimum absolute atomic E-state index is 0.0401. The molecule has 0 aliphatic carbocycles. The van der Waals surface area contributed by atoms with Gasteiger partial charge in [0.05, 0.1) is 13.3 Å². The van der Waals surface area contributed by atoms with Gasteiger partial charge in [0.2, 0.25) is 11.8 Å². The van der Waals surface area contributed by atoms with Crippen molar-refractivity contribution in [3.63, 3.8) is 0 Å². The standard InChI is InChI=1S/C19H20ClN3O3/c1-13-11-15(20)5-8-17(13)22-18(24)9-10-19(25)23-21-12-14-3-6-16(26-2)7-4-14/h3-8,11-12H,9-10H2,1-2H3,(H,22,24)(H,23,25). The van der Waals surface area contributed by atoms with Crippen LogP contribution in [0, 0.1) is 6.92 Å². The van der Waals surface area contributed by atoms with Crippen molar-refractivity contribution in [3.05, 3.63) is 58.6 Å². The van der Waals surface area contributed by atoms with E-state index >= 15 is 0 Å². The third-order valence-electron chi connectivity index (χ3n) is 3.56. The quantitative estimate of drug-likeness (QED) is 0.575. The molecule has 2 amide bonds. The van der Waals surface area contributed by atoms with Crippen LogP contribution in [0.1, 0.15) is 24.0 Å². The molecule has 0 atom stereocenters. The number of nitrogens with one attached hydrogen (secondary N) is 2. The van der Waals surface area contributed by atoms with Crippen molar-refractivity contribution in [1.29, 1.82) is 0 Å². The van der Waals surface area contributed by atoms with Gasteiger partial charge in [0, 0.05) is 23.6 Å². The van der Waals surface area contributed by atoms with Crippen LogP contribution in [0.2, 0.25) is 5.02 Å². The number of hydrogen-bond donors (Lipinski definition) is 2. The molecule has 2 aromatic rings. The number of hydrazone groups is 1. The SMILES string of the molecule is COc1ccc(C=NNC(=O)CCC(=O)Nc2ccc(Cl)cc2C)cc1. The van der Waals surface area contributed by atoms with Crippen LogP contribution in [0.4, 0.5) is 5.69 Å². The lowest BCUT2D eigenvalue weighted by Crippen LogP contribution is -2.20. The Bertz CT molecular complexity index is 804. The molecular formula is C19H20ClN3O3. The second kappa shape index (κ2) is 9.58. The number of methoxy groups -OCH3 is 1. The van der Waals surface area contributed by atoms with Gasteiger partial charge in [-0.1, -0.05) is 11.6 Å². The summed E-state index contributed by atoms with van der Waals surface area (Å²) in [5.74, 6) is 0.163. The number of benzene rings is 2. The highest BCUT2D eigenvalue weighted by atomic mass is 35.5. The summed E-state index contributed by atoms with van der Waals surface area (Å²) in [6.07, 6.45) is 1.62. The molecular weight excluding hydrogens is 354 g/mol. The highest BCUT2D eigenvalue weighted by Crippen LogP contribution is 2.19. The molecule has 136 valence electrons. The zero-order valence-electron chi connectivity index (χ0n) is 14.6. The molecule has 2 rings (SSSR count). The summed E-state index contributed by atoms with van der Waals surface area (Å²) in [7, 11) is 1.59. The van der Waals surface area contributed by atoms with E-state index in [-0.39, 0.29) is 24.7 Å². The lowest BCUT2D eigenvalue weighted by Gasteiger charge is -2.08. The first-order valence-electron chi connectivity index (χ1n) is 8.00. The Morgan fingerprint density at radius 2 is 1.81 bits per heavy atom. The van der Waals surface area contributed by atoms with Gasteiger partial charge in [0.15, 0.2) is 0 Å². The molecule has 0 saturated heterocycles. The number of hydrogen-bond acceptors (Lipinski definition) is 4. The molecule has 7 heteroatoms. The largest absolute Gasteiger partial charge is 0.497 e. The van der Waals surface area contributed by atoms with E-state index in [0.717, 1.165) is 16.9 Å². The van der Waals surface area contributed by atoms with Crippen LogP contribution in [0.5, 0.6) is 5.75 Å². The van der Waals surface area contributed by atoms with Gasteiger partial charge in [-0.3, -0.25) is 9.59 Å². The molecule has 6 nitrogen and oxygen atoms in total. The Hall–Kier alpha value is -2.86.